The summed E-state index contributed by atoms with van der Waals surface area (Å²) in [6.07, 6.45) is 1.51. The van der Waals surface area contributed by atoms with Crippen LogP contribution in [0, 0.1) is 13.8 Å². The van der Waals surface area contributed by atoms with E-state index in [1.165, 1.54) is 4.90 Å². The molecule has 1 aliphatic carbocycles. The second-order valence-corrected chi connectivity index (χ2v) is 10.0. The van der Waals surface area contributed by atoms with E-state index in [1.54, 1.807) is 17.8 Å². The molecule has 2 heterocycles. The van der Waals surface area contributed by atoms with Crippen molar-refractivity contribution in [1.82, 2.24) is 15.2 Å². The number of nitrogens with zero attached hydrogens (tertiary/aromatic N) is 3. The molecule has 1 aliphatic rings. The molecule has 0 aliphatic heterocycles. The van der Waals surface area contributed by atoms with Crippen LogP contribution in [0.25, 0.3) is 0 Å². The average molecular weight is 461 g/mol. The molecule has 0 saturated carbocycles. The van der Waals surface area contributed by atoms with Crippen LogP contribution in [0.1, 0.15) is 58.8 Å². The first-order valence-electron chi connectivity index (χ1n) is 11.2. The maximum absolute atomic E-state index is 13.5. The fourth-order valence-corrected chi connectivity index (χ4v) is 4.89. The number of pyridine rings is 1. The van der Waals surface area contributed by atoms with Gasteiger partial charge in [-0.05, 0) is 80.8 Å². The first kappa shape index (κ1) is 23.1. The van der Waals surface area contributed by atoms with Gasteiger partial charge >= 0.3 is 0 Å². The zero-order valence-electron chi connectivity index (χ0n) is 19.4. The van der Waals surface area contributed by atoms with E-state index in [-0.39, 0.29) is 18.1 Å². The molecule has 33 heavy (non-hydrogen) atoms. The number of hydrogen-bond donors (Lipinski definition) is 1. The molecule has 1 amide bonds. The van der Waals surface area contributed by atoms with Crippen molar-refractivity contribution in [3.8, 4) is 0 Å². The van der Waals surface area contributed by atoms with Crippen molar-refractivity contribution < 1.29 is 9.59 Å². The second-order valence-electron chi connectivity index (χ2n) is 8.67. The summed E-state index contributed by atoms with van der Waals surface area (Å²) in [6, 6.07) is 13.6. The standard InChI is InChI=1S/C26H28N4O2S/c1-5-33-19-9-7-18(8-10-19)15-23(31)28-22-14-16(2)24-20(27-22)12-13-26(4,25(24)32)21-11-6-17(3)29-30-21/h6-11,14H,5,12-13,15H2,1-4H3,(H,27,28,31). The van der Waals surface area contributed by atoms with Gasteiger partial charge < -0.3 is 5.32 Å². The van der Waals surface area contributed by atoms with Crippen LogP contribution in [0.3, 0.4) is 0 Å². The van der Waals surface area contributed by atoms with Gasteiger partial charge in [0.15, 0.2) is 5.78 Å². The first-order valence-corrected chi connectivity index (χ1v) is 12.2. The number of thioether (sulfide) groups is 1. The minimum Gasteiger partial charge on any atom is -0.310 e. The van der Waals surface area contributed by atoms with Crippen LogP contribution in [-0.2, 0) is 23.1 Å². The smallest absolute Gasteiger partial charge is 0.229 e. The molecule has 170 valence electrons. The number of hydrogen-bond acceptors (Lipinski definition) is 6. The zero-order chi connectivity index (χ0) is 23.6. The molecule has 2 aromatic heterocycles. The van der Waals surface area contributed by atoms with Crippen molar-refractivity contribution in [3.63, 3.8) is 0 Å². The maximum atomic E-state index is 13.5. The van der Waals surface area contributed by atoms with E-state index >= 15 is 0 Å². The molecule has 6 nitrogen and oxygen atoms in total. The third-order valence-electron chi connectivity index (χ3n) is 6.11. The predicted molar refractivity (Wildman–Crippen MR) is 131 cm³/mol. The molecule has 1 aromatic carbocycles. The van der Waals surface area contributed by atoms with E-state index < -0.39 is 5.41 Å². The first-order chi connectivity index (χ1) is 15.8. The Morgan fingerprint density at radius 3 is 2.55 bits per heavy atom. The summed E-state index contributed by atoms with van der Waals surface area (Å²) in [5.74, 6) is 1.39. The fraction of sp³-hybridized carbons (Fsp3) is 0.346. The molecule has 3 aromatic rings. The minimum atomic E-state index is -0.729. The highest BCUT2D eigenvalue weighted by Crippen LogP contribution is 2.38. The van der Waals surface area contributed by atoms with E-state index in [1.807, 2.05) is 57.2 Å². The van der Waals surface area contributed by atoms with Crippen LogP contribution in [0.5, 0.6) is 0 Å². The molecule has 0 bridgehead atoms. The Balaban J connectivity index is 1.51. The lowest BCUT2D eigenvalue weighted by molar-refractivity contribution is -0.115. The van der Waals surface area contributed by atoms with Crippen molar-refractivity contribution in [3.05, 3.63) is 76.2 Å². The molecule has 4 rings (SSSR count). The maximum Gasteiger partial charge on any atom is 0.229 e. The summed E-state index contributed by atoms with van der Waals surface area (Å²) < 4.78 is 0. The lowest BCUT2D eigenvalue weighted by atomic mass is 9.70. The Hall–Kier alpha value is -3.06. The van der Waals surface area contributed by atoms with E-state index in [2.05, 4.69) is 27.4 Å². The van der Waals surface area contributed by atoms with Gasteiger partial charge in [-0.3, -0.25) is 9.59 Å². The van der Waals surface area contributed by atoms with Crippen LogP contribution in [0.4, 0.5) is 5.82 Å². The Morgan fingerprint density at radius 1 is 1.12 bits per heavy atom. The number of Topliss-reactive ketones (excluding diaryl/α,β-unsaturated/α-hetero) is 1. The Kier molecular flexibility index (Phi) is 6.61. The molecule has 0 fully saturated rings. The van der Waals surface area contributed by atoms with Gasteiger partial charge in [-0.25, -0.2) is 4.98 Å². The van der Waals surface area contributed by atoms with Crippen molar-refractivity contribution in [2.45, 2.75) is 57.3 Å². The molecular formula is C26H28N4O2S. The molecular weight excluding hydrogens is 432 g/mol. The highest BCUT2D eigenvalue weighted by atomic mass is 32.2. The number of carbonyl (C=O) groups excluding carboxylic acids is 2. The number of aryl methyl sites for hydroxylation is 3. The lowest BCUT2D eigenvalue weighted by Gasteiger charge is -2.33. The van der Waals surface area contributed by atoms with Gasteiger partial charge in [-0.2, -0.15) is 10.2 Å². The highest BCUT2D eigenvalue weighted by molar-refractivity contribution is 7.99. The molecule has 0 radical (unpaired) electrons. The van der Waals surface area contributed by atoms with Gasteiger partial charge in [-0.1, -0.05) is 19.1 Å². The number of carbonyl (C=O) groups is 2. The van der Waals surface area contributed by atoms with Gasteiger partial charge in [0.05, 0.1) is 28.9 Å². The molecule has 0 spiro atoms. The number of fused-ring (bicyclic) bond motifs is 1. The van der Waals surface area contributed by atoms with Gasteiger partial charge in [0.25, 0.3) is 0 Å². The number of ketones is 1. The Morgan fingerprint density at radius 2 is 1.88 bits per heavy atom. The topological polar surface area (TPSA) is 84.8 Å². The molecule has 1 N–H and O–H groups in total. The molecule has 1 unspecified atom stereocenters. The molecule has 1 atom stereocenters. The average Bonchev–Trinajstić information content (AvgIpc) is 2.78. The van der Waals surface area contributed by atoms with E-state index in [4.69, 9.17) is 0 Å². The lowest BCUT2D eigenvalue weighted by Crippen LogP contribution is -2.39. The number of nitrogens with one attached hydrogen (secondary N) is 1. The van der Waals surface area contributed by atoms with Gasteiger partial charge in [0.2, 0.25) is 5.91 Å². The molecule has 7 heteroatoms. The quantitative estimate of drug-likeness (QED) is 0.529. The second kappa shape index (κ2) is 9.43. The van der Waals surface area contributed by atoms with Crippen molar-refractivity contribution in [2.75, 3.05) is 11.1 Å². The zero-order valence-corrected chi connectivity index (χ0v) is 20.3. The fourth-order valence-electron chi connectivity index (χ4n) is 4.23. The van der Waals surface area contributed by atoms with Crippen LogP contribution in [0.15, 0.2) is 47.4 Å². The van der Waals surface area contributed by atoms with Gasteiger partial charge in [0, 0.05) is 10.5 Å². The van der Waals surface area contributed by atoms with Crippen LogP contribution in [0.2, 0.25) is 0 Å². The summed E-state index contributed by atoms with van der Waals surface area (Å²) in [7, 11) is 0. The number of benzene rings is 1. The Bertz CT molecular complexity index is 1190. The summed E-state index contributed by atoms with van der Waals surface area (Å²) in [6.45, 7) is 7.81. The van der Waals surface area contributed by atoms with Crippen LogP contribution >= 0.6 is 11.8 Å². The normalized spacial score (nSPS) is 17.5. The van der Waals surface area contributed by atoms with Crippen molar-refractivity contribution >= 4 is 29.3 Å². The van der Waals surface area contributed by atoms with E-state index in [9.17, 15) is 9.59 Å². The van der Waals surface area contributed by atoms with Crippen molar-refractivity contribution in [2.24, 2.45) is 0 Å². The predicted octanol–water partition coefficient (Wildman–Crippen LogP) is 4.87. The van der Waals surface area contributed by atoms with E-state index in [0.29, 0.717) is 29.9 Å². The summed E-state index contributed by atoms with van der Waals surface area (Å²) in [4.78, 5) is 31.9. The number of rotatable bonds is 6. The van der Waals surface area contributed by atoms with Crippen molar-refractivity contribution in [1.29, 1.82) is 0 Å². The summed E-state index contributed by atoms with van der Waals surface area (Å²) in [5, 5.41) is 11.3. The SMILES string of the molecule is CCSc1ccc(CC(=O)Nc2cc(C)c3c(n2)CCC(C)(c2ccc(C)nn2)C3=O)cc1. The van der Waals surface area contributed by atoms with Crippen LogP contribution < -0.4 is 5.32 Å². The number of amides is 1. The highest BCUT2D eigenvalue weighted by Gasteiger charge is 2.42. The Labute approximate surface area is 198 Å². The van der Waals surface area contributed by atoms with E-state index in [0.717, 1.165) is 28.3 Å². The van der Waals surface area contributed by atoms with Crippen LogP contribution in [-0.4, -0.2) is 32.6 Å². The summed E-state index contributed by atoms with van der Waals surface area (Å²) >= 11 is 1.77. The number of anilines is 1. The third-order valence-corrected chi connectivity index (χ3v) is 7.01. The molecule has 0 saturated heterocycles. The largest absolute Gasteiger partial charge is 0.310 e. The monoisotopic (exact) mass is 460 g/mol. The minimum absolute atomic E-state index is 0.00909. The van der Waals surface area contributed by atoms with Gasteiger partial charge in [-0.15, -0.1) is 11.8 Å². The van der Waals surface area contributed by atoms with Gasteiger partial charge in [0.1, 0.15) is 5.82 Å². The summed E-state index contributed by atoms with van der Waals surface area (Å²) in [5.41, 5.74) is 3.90. The number of aromatic nitrogens is 3. The third kappa shape index (κ3) is 4.83.